The lowest BCUT2D eigenvalue weighted by molar-refractivity contribution is 0.0885. The predicted molar refractivity (Wildman–Crippen MR) is 77.8 cm³/mol. The van der Waals surface area contributed by atoms with Crippen molar-refractivity contribution in [1.29, 1.82) is 0 Å². The normalized spacial score (nSPS) is 22.3. The zero-order chi connectivity index (χ0) is 13.6. The lowest BCUT2D eigenvalue weighted by atomic mass is 9.86. The number of nitrogens with zero attached hydrogens (tertiary/aromatic N) is 1. The topological polar surface area (TPSA) is 35.5 Å². The van der Waals surface area contributed by atoms with Crippen LogP contribution in [-0.2, 0) is 0 Å². The highest BCUT2D eigenvalue weighted by Crippen LogP contribution is 2.25. The lowest BCUT2D eigenvalue weighted by Crippen LogP contribution is -2.55. The molecule has 3 nitrogen and oxygen atoms in total. The first-order valence-corrected chi connectivity index (χ1v) is 7.59. The Bertz CT molecular complexity index is 225. The van der Waals surface area contributed by atoms with E-state index < -0.39 is 0 Å². The second kappa shape index (κ2) is 7.46. The SMILES string of the molecule is CCCNC(C)(CO)CN1CCC(C(C)C)CC1. The van der Waals surface area contributed by atoms with Crippen molar-refractivity contribution in [2.45, 2.75) is 52.5 Å². The maximum Gasteiger partial charge on any atom is 0.0623 e. The Kier molecular flexibility index (Phi) is 6.61. The molecule has 108 valence electrons. The molecule has 1 fully saturated rings. The van der Waals surface area contributed by atoms with E-state index in [1.165, 1.54) is 25.9 Å². The van der Waals surface area contributed by atoms with Crippen molar-refractivity contribution < 1.29 is 5.11 Å². The molecule has 1 aliphatic heterocycles. The van der Waals surface area contributed by atoms with Crippen LogP contribution in [0.15, 0.2) is 0 Å². The summed E-state index contributed by atoms with van der Waals surface area (Å²) in [5.74, 6) is 1.71. The summed E-state index contributed by atoms with van der Waals surface area (Å²) in [6.07, 6.45) is 3.74. The summed E-state index contributed by atoms with van der Waals surface area (Å²) in [4.78, 5) is 2.51. The van der Waals surface area contributed by atoms with Gasteiger partial charge in [-0.15, -0.1) is 0 Å². The highest BCUT2D eigenvalue weighted by Gasteiger charge is 2.28. The number of likely N-dealkylation sites (tertiary alicyclic amines) is 1. The van der Waals surface area contributed by atoms with Crippen LogP contribution in [0, 0.1) is 11.8 Å². The van der Waals surface area contributed by atoms with E-state index in [4.69, 9.17) is 0 Å². The first kappa shape index (κ1) is 15.9. The number of rotatable bonds is 7. The Hall–Kier alpha value is -0.120. The minimum absolute atomic E-state index is 0.138. The smallest absolute Gasteiger partial charge is 0.0623 e. The van der Waals surface area contributed by atoms with Gasteiger partial charge in [-0.1, -0.05) is 20.8 Å². The predicted octanol–water partition coefficient (Wildman–Crippen LogP) is 2.10. The van der Waals surface area contributed by atoms with E-state index in [0.717, 1.165) is 31.3 Å². The number of hydrogen-bond acceptors (Lipinski definition) is 3. The van der Waals surface area contributed by atoms with Gasteiger partial charge in [-0.2, -0.15) is 0 Å². The van der Waals surface area contributed by atoms with E-state index in [1.54, 1.807) is 0 Å². The van der Waals surface area contributed by atoms with Crippen molar-refractivity contribution in [3.05, 3.63) is 0 Å². The molecule has 1 saturated heterocycles. The van der Waals surface area contributed by atoms with Crippen LogP contribution in [0.1, 0.15) is 47.0 Å². The van der Waals surface area contributed by atoms with Gasteiger partial charge in [0.25, 0.3) is 0 Å². The first-order chi connectivity index (χ1) is 8.50. The Morgan fingerprint density at radius 1 is 1.33 bits per heavy atom. The Balaban J connectivity index is 2.38. The number of hydrogen-bond donors (Lipinski definition) is 2. The van der Waals surface area contributed by atoms with E-state index in [-0.39, 0.29) is 12.1 Å². The first-order valence-electron chi connectivity index (χ1n) is 7.59. The van der Waals surface area contributed by atoms with Gasteiger partial charge in [0.1, 0.15) is 0 Å². The molecule has 0 aromatic rings. The van der Waals surface area contributed by atoms with Gasteiger partial charge in [-0.3, -0.25) is 0 Å². The Morgan fingerprint density at radius 2 is 1.94 bits per heavy atom. The molecular formula is C15H32N2O. The zero-order valence-corrected chi connectivity index (χ0v) is 12.7. The second-order valence-electron chi connectivity index (χ2n) is 6.50. The van der Waals surface area contributed by atoms with E-state index in [2.05, 4.69) is 37.9 Å². The molecule has 0 aromatic carbocycles. The Morgan fingerprint density at radius 3 is 2.39 bits per heavy atom. The van der Waals surface area contributed by atoms with Gasteiger partial charge >= 0.3 is 0 Å². The molecule has 0 spiro atoms. The summed E-state index contributed by atoms with van der Waals surface area (Å²) in [6.45, 7) is 13.5. The fraction of sp³-hybridized carbons (Fsp3) is 1.00. The fourth-order valence-electron chi connectivity index (χ4n) is 2.86. The van der Waals surface area contributed by atoms with Crippen molar-refractivity contribution in [3.8, 4) is 0 Å². The number of piperidine rings is 1. The molecule has 0 aromatic heterocycles. The summed E-state index contributed by atoms with van der Waals surface area (Å²) >= 11 is 0. The lowest BCUT2D eigenvalue weighted by Gasteiger charge is -2.39. The van der Waals surface area contributed by atoms with Crippen molar-refractivity contribution in [2.75, 3.05) is 32.8 Å². The quantitative estimate of drug-likeness (QED) is 0.732. The molecule has 1 atom stereocenters. The highest BCUT2D eigenvalue weighted by atomic mass is 16.3. The number of nitrogens with one attached hydrogen (secondary N) is 1. The molecule has 1 aliphatic rings. The molecule has 1 heterocycles. The summed E-state index contributed by atoms with van der Waals surface area (Å²) in [6, 6.07) is 0. The zero-order valence-electron chi connectivity index (χ0n) is 12.7. The molecule has 0 saturated carbocycles. The minimum atomic E-state index is -0.138. The molecule has 1 unspecified atom stereocenters. The molecule has 0 bridgehead atoms. The second-order valence-corrected chi connectivity index (χ2v) is 6.50. The van der Waals surface area contributed by atoms with Crippen LogP contribution in [0.2, 0.25) is 0 Å². The van der Waals surface area contributed by atoms with Crippen LogP contribution in [0.3, 0.4) is 0 Å². The van der Waals surface area contributed by atoms with Crippen LogP contribution in [0.5, 0.6) is 0 Å². The monoisotopic (exact) mass is 256 g/mol. The van der Waals surface area contributed by atoms with Crippen molar-refractivity contribution in [3.63, 3.8) is 0 Å². The van der Waals surface area contributed by atoms with Crippen molar-refractivity contribution in [2.24, 2.45) is 11.8 Å². The summed E-state index contributed by atoms with van der Waals surface area (Å²) in [5, 5.41) is 13.1. The standard InChI is InChI=1S/C15H32N2O/c1-5-8-16-15(4,12-18)11-17-9-6-14(7-10-17)13(2)3/h13-14,16,18H,5-12H2,1-4H3. The highest BCUT2D eigenvalue weighted by molar-refractivity contribution is 4.87. The van der Waals surface area contributed by atoms with Crippen molar-refractivity contribution >= 4 is 0 Å². The van der Waals surface area contributed by atoms with Crippen LogP contribution in [0.4, 0.5) is 0 Å². The van der Waals surface area contributed by atoms with E-state index in [0.29, 0.717) is 0 Å². The molecule has 0 aliphatic carbocycles. The molecule has 2 N–H and O–H groups in total. The number of aliphatic hydroxyl groups is 1. The molecule has 18 heavy (non-hydrogen) atoms. The molecule has 1 rings (SSSR count). The van der Waals surface area contributed by atoms with Crippen molar-refractivity contribution in [1.82, 2.24) is 10.2 Å². The third-order valence-corrected chi connectivity index (χ3v) is 4.30. The van der Waals surface area contributed by atoms with Crippen LogP contribution >= 0.6 is 0 Å². The maximum atomic E-state index is 9.59. The van der Waals surface area contributed by atoms with Gasteiger partial charge < -0.3 is 15.3 Å². The molecular weight excluding hydrogens is 224 g/mol. The van der Waals surface area contributed by atoms with E-state index >= 15 is 0 Å². The summed E-state index contributed by atoms with van der Waals surface area (Å²) in [5.41, 5.74) is -0.138. The van der Waals surface area contributed by atoms with Gasteiger partial charge in [0.2, 0.25) is 0 Å². The fourth-order valence-corrected chi connectivity index (χ4v) is 2.86. The maximum absolute atomic E-state index is 9.59. The van der Waals surface area contributed by atoms with Crippen LogP contribution in [-0.4, -0.2) is 48.3 Å². The number of aliphatic hydroxyl groups excluding tert-OH is 1. The molecule has 0 amide bonds. The Labute approximate surface area is 113 Å². The van der Waals surface area contributed by atoms with E-state index in [1.807, 2.05) is 0 Å². The van der Waals surface area contributed by atoms with Gasteiger partial charge in [-0.25, -0.2) is 0 Å². The third kappa shape index (κ3) is 4.87. The minimum Gasteiger partial charge on any atom is -0.394 e. The van der Waals surface area contributed by atoms with E-state index in [9.17, 15) is 5.11 Å². The molecule has 3 heteroatoms. The average molecular weight is 256 g/mol. The van der Waals surface area contributed by atoms with Gasteiger partial charge in [0, 0.05) is 6.54 Å². The van der Waals surface area contributed by atoms with Crippen LogP contribution in [0.25, 0.3) is 0 Å². The third-order valence-electron chi connectivity index (χ3n) is 4.30. The summed E-state index contributed by atoms with van der Waals surface area (Å²) in [7, 11) is 0. The summed E-state index contributed by atoms with van der Waals surface area (Å²) < 4.78 is 0. The van der Waals surface area contributed by atoms with Gasteiger partial charge in [-0.05, 0) is 57.7 Å². The average Bonchev–Trinajstić information content (AvgIpc) is 2.37. The largest absolute Gasteiger partial charge is 0.394 e. The van der Waals surface area contributed by atoms with Gasteiger partial charge in [0.15, 0.2) is 0 Å². The van der Waals surface area contributed by atoms with Crippen LogP contribution < -0.4 is 5.32 Å². The molecule has 0 radical (unpaired) electrons. The van der Waals surface area contributed by atoms with Gasteiger partial charge in [0.05, 0.1) is 12.1 Å².